The average molecular weight is 487 g/mol. The van der Waals surface area contributed by atoms with E-state index in [-0.39, 0.29) is 16.6 Å². The molecule has 0 amide bonds. The highest BCUT2D eigenvalue weighted by Crippen LogP contribution is 2.47. The predicted octanol–water partition coefficient (Wildman–Crippen LogP) is 5.92. The van der Waals surface area contributed by atoms with Gasteiger partial charge in [-0.25, -0.2) is 4.68 Å². The van der Waals surface area contributed by atoms with Crippen molar-refractivity contribution >= 4 is 11.7 Å². The number of carbonyl (C=O) groups is 1. The van der Waals surface area contributed by atoms with E-state index in [1.807, 2.05) is 22.9 Å². The Morgan fingerprint density at radius 2 is 1.75 bits per heavy atom. The molecule has 2 aliphatic rings. The number of rotatable bonds is 4. The molecule has 0 radical (unpaired) electrons. The first kappa shape index (κ1) is 24.1. The zero-order valence-electron chi connectivity index (χ0n) is 22.1. The Labute approximate surface area is 212 Å². The van der Waals surface area contributed by atoms with Crippen LogP contribution in [0.4, 0.5) is 5.95 Å². The van der Waals surface area contributed by atoms with Gasteiger partial charge in [0, 0.05) is 34.9 Å². The van der Waals surface area contributed by atoms with E-state index < -0.39 is 6.04 Å². The van der Waals surface area contributed by atoms with Crippen LogP contribution in [0.25, 0.3) is 11.4 Å². The molecule has 188 valence electrons. The van der Waals surface area contributed by atoms with Gasteiger partial charge in [0.25, 0.3) is 0 Å². The second kappa shape index (κ2) is 8.50. The Balaban J connectivity index is 1.66. The summed E-state index contributed by atoms with van der Waals surface area (Å²) in [6.45, 7) is 10.8. The number of nitrogens with one attached hydrogen (secondary N) is 1. The van der Waals surface area contributed by atoms with Crippen LogP contribution in [-0.2, 0) is 10.2 Å². The molecule has 0 spiro atoms. The van der Waals surface area contributed by atoms with Gasteiger partial charge in [-0.2, -0.15) is 4.98 Å². The van der Waals surface area contributed by atoms with E-state index in [0.717, 1.165) is 28.8 Å². The molecular formula is C29H34N4O3. The topological polar surface area (TPSA) is 78.3 Å². The Hall–Kier alpha value is -3.61. The van der Waals surface area contributed by atoms with Gasteiger partial charge in [0.2, 0.25) is 5.95 Å². The third-order valence-corrected chi connectivity index (χ3v) is 7.08. The largest absolute Gasteiger partial charge is 0.497 e. The summed E-state index contributed by atoms with van der Waals surface area (Å²) in [7, 11) is 3.25. The maximum atomic E-state index is 13.5. The number of ketones is 1. The predicted molar refractivity (Wildman–Crippen MR) is 141 cm³/mol. The summed E-state index contributed by atoms with van der Waals surface area (Å²) < 4.78 is 13.0. The summed E-state index contributed by atoms with van der Waals surface area (Å²) in [6, 6.07) is 13.6. The third kappa shape index (κ3) is 4.16. The fraction of sp³-hybridized carbons (Fsp3) is 0.414. The molecule has 2 heterocycles. The van der Waals surface area contributed by atoms with Crippen molar-refractivity contribution in [1.29, 1.82) is 0 Å². The van der Waals surface area contributed by atoms with Gasteiger partial charge < -0.3 is 14.8 Å². The molecule has 0 saturated carbocycles. The van der Waals surface area contributed by atoms with Crippen molar-refractivity contribution in [2.45, 2.75) is 58.9 Å². The summed E-state index contributed by atoms with van der Waals surface area (Å²) in [5.74, 6) is 2.68. The smallest absolute Gasteiger partial charge is 0.226 e. The summed E-state index contributed by atoms with van der Waals surface area (Å²) in [5, 5.41) is 8.37. The van der Waals surface area contributed by atoms with Crippen molar-refractivity contribution < 1.29 is 14.3 Å². The molecule has 1 N–H and O–H groups in total. The first-order chi connectivity index (χ1) is 17.0. The van der Waals surface area contributed by atoms with Crippen LogP contribution >= 0.6 is 0 Å². The van der Waals surface area contributed by atoms with E-state index in [2.05, 4.69) is 64.2 Å². The molecule has 0 fully saturated rings. The standard InChI is InChI=1S/C29H34N4O3/c1-28(2,3)18-10-8-17(9-11-18)26-31-27-30-21-15-29(4,5)16-22(34)24(21)25(33(27)32-26)20-13-12-19(35-6)14-23(20)36-7/h8-14,25H,15-16H2,1-7H3,(H,30,31,32). The summed E-state index contributed by atoms with van der Waals surface area (Å²) in [6.07, 6.45) is 1.24. The maximum Gasteiger partial charge on any atom is 0.226 e. The van der Waals surface area contributed by atoms with Gasteiger partial charge >= 0.3 is 0 Å². The lowest BCUT2D eigenvalue weighted by Gasteiger charge is -2.38. The number of methoxy groups -OCH3 is 2. The van der Waals surface area contributed by atoms with Gasteiger partial charge in [0.05, 0.1) is 14.2 Å². The van der Waals surface area contributed by atoms with Crippen molar-refractivity contribution in [3.8, 4) is 22.9 Å². The molecule has 7 heteroatoms. The van der Waals surface area contributed by atoms with Gasteiger partial charge in [0.1, 0.15) is 17.5 Å². The van der Waals surface area contributed by atoms with Crippen LogP contribution in [0.15, 0.2) is 53.7 Å². The average Bonchev–Trinajstić information content (AvgIpc) is 3.25. The maximum absolute atomic E-state index is 13.5. The number of ether oxygens (including phenoxy) is 2. The fourth-order valence-corrected chi connectivity index (χ4v) is 5.18. The Morgan fingerprint density at radius 3 is 2.39 bits per heavy atom. The molecule has 1 aliphatic heterocycles. The van der Waals surface area contributed by atoms with Crippen LogP contribution in [0.2, 0.25) is 0 Å². The monoisotopic (exact) mass is 486 g/mol. The highest BCUT2D eigenvalue weighted by Gasteiger charge is 2.42. The normalized spacial score (nSPS) is 18.9. The molecule has 1 aromatic heterocycles. The Bertz CT molecular complexity index is 1360. The number of hydrogen-bond donors (Lipinski definition) is 1. The van der Waals surface area contributed by atoms with Gasteiger partial charge in [-0.1, -0.05) is 58.9 Å². The molecule has 2 aromatic carbocycles. The van der Waals surface area contributed by atoms with E-state index in [9.17, 15) is 4.79 Å². The SMILES string of the molecule is COc1ccc(C2C3=C(CC(C)(C)CC3=O)Nc3nc(-c4ccc(C(C)(C)C)cc4)nn32)c(OC)c1. The number of fused-ring (bicyclic) bond motifs is 1. The summed E-state index contributed by atoms with van der Waals surface area (Å²) in [5.41, 5.74) is 4.59. The van der Waals surface area contributed by atoms with Crippen LogP contribution in [0.1, 0.15) is 64.6 Å². The Morgan fingerprint density at radius 1 is 1.03 bits per heavy atom. The van der Waals surface area contributed by atoms with Crippen molar-refractivity contribution in [3.05, 3.63) is 64.9 Å². The van der Waals surface area contributed by atoms with E-state index in [0.29, 0.717) is 29.7 Å². The van der Waals surface area contributed by atoms with E-state index in [4.69, 9.17) is 19.6 Å². The molecule has 0 saturated heterocycles. The molecule has 36 heavy (non-hydrogen) atoms. The van der Waals surface area contributed by atoms with Gasteiger partial charge in [0.15, 0.2) is 11.6 Å². The van der Waals surface area contributed by atoms with Crippen molar-refractivity contribution in [1.82, 2.24) is 14.8 Å². The van der Waals surface area contributed by atoms with Crippen molar-refractivity contribution in [2.24, 2.45) is 5.41 Å². The second-order valence-electron chi connectivity index (χ2n) is 11.5. The highest BCUT2D eigenvalue weighted by atomic mass is 16.5. The number of nitrogens with zero attached hydrogens (tertiary/aromatic N) is 3. The number of allylic oxidation sites excluding steroid dienone is 2. The van der Waals surface area contributed by atoms with Gasteiger partial charge in [-0.05, 0) is 34.9 Å². The van der Waals surface area contributed by atoms with E-state index >= 15 is 0 Å². The molecular weight excluding hydrogens is 452 g/mol. The number of benzene rings is 2. The van der Waals surface area contributed by atoms with Crippen LogP contribution in [-0.4, -0.2) is 34.8 Å². The molecule has 5 rings (SSSR count). The number of Topliss-reactive ketones (excluding diaryl/α,β-unsaturated/α-hetero) is 1. The lowest BCUT2D eigenvalue weighted by Crippen LogP contribution is -2.36. The molecule has 1 aliphatic carbocycles. The summed E-state index contributed by atoms with van der Waals surface area (Å²) >= 11 is 0. The minimum Gasteiger partial charge on any atom is -0.497 e. The lowest BCUT2D eigenvalue weighted by atomic mass is 9.73. The number of hydrogen-bond acceptors (Lipinski definition) is 6. The van der Waals surface area contributed by atoms with E-state index in [1.54, 1.807) is 14.2 Å². The number of anilines is 1. The summed E-state index contributed by atoms with van der Waals surface area (Å²) in [4.78, 5) is 18.4. The zero-order chi connectivity index (χ0) is 25.8. The Kier molecular flexibility index (Phi) is 5.69. The zero-order valence-corrected chi connectivity index (χ0v) is 22.1. The molecule has 7 nitrogen and oxygen atoms in total. The fourth-order valence-electron chi connectivity index (χ4n) is 5.18. The minimum atomic E-state index is -0.448. The highest BCUT2D eigenvalue weighted by molar-refractivity contribution is 6.00. The molecule has 3 aromatic rings. The second-order valence-corrected chi connectivity index (χ2v) is 11.5. The number of aromatic nitrogens is 3. The van der Waals surface area contributed by atoms with Crippen molar-refractivity contribution in [2.75, 3.05) is 19.5 Å². The quantitative estimate of drug-likeness (QED) is 0.493. The van der Waals surface area contributed by atoms with E-state index in [1.165, 1.54) is 5.56 Å². The lowest BCUT2D eigenvalue weighted by molar-refractivity contribution is -0.118. The first-order valence-electron chi connectivity index (χ1n) is 12.3. The van der Waals surface area contributed by atoms with Gasteiger partial charge in [-0.3, -0.25) is 4.79 Å². The van der Waals surface area contributed by atoms with Crippen molar-refractivity contribution in [3.63, 3.8) is 0 Å². The third-order valence-electron chi connectivity index (χ3n) is 7.08. The van der Waals surface area contributed by atoms with Crippen LogP contribution in [0, 0.1) is 5.41 Å². The first-order valence-corrected chi connectivity index (χ1v) is 12.3. The van der Waals surface area contributed by atoms with Crippen LogP contribution in [0.5, 0.6) is 11.5 Å². The van der Waals surface area contributed by atoms with Crippen LogP contribution < -0.4 is 14.8 Å². The number of carbonyl (C=O) groups excluding carboxylic acids is 1. The van der Waals surface area contributed by atoms with Gasteiger partial charge in [-0.15, -0.1) is 5.10 Å². The molecule has 1 unspecified atom stereocenters. The minimum absolute atomic E-state index is 0.0626. The molecule has 1 atom stereocenters. The van der Waals surface area contributed by atoms with Crippen LogP contribution in [0.3, 0.4) is 0 Å². The molecule has 0 bridgehead atoms.